The highest BCUT2D eigenvalue weighted by molar-refractivity contribution is 5.98. The minimum absolute atomic E-state index is 0.0886. The van der Waals surface area contributed by atoms with E-state index in [1.807, 2.05) is 69.9 Å². The molecule has 1 aliphatic heterocycles. The van der Waals surface area contributed by atoms with Gasteiger partial charge in [-0.05, 0) is 62.3 Å². The van der Waals surface area contributed by atoms with Crippen LogP contribution >= 0.6 is 0 Å². The number of allylic oxidation sites excluding steroid dienone is 1. The number of likely N-dealkylation sites (tertiary alicyclic amines) is 1. The second-order valence-corrected chi connectivity index (χ2v) is 16.8. The Labute approximate surface area is 324 Å². The van der Waals surface area contributed by atoms with Crippen LogP contribution in [0.25, 0.3) is 0 Å². The van der Waals surface area contributed by atoms with Gasteiger partial charge in [-0.25, -0.2) is 4.98 Å². The molecule has 2 fully saturated rings. The number of nitrogens with zero attached hydrogens (tertiary/aromatic N) is 3. The number of aliphatic hydroxyl groups excluding tert-OH is 1. The molecule has 2 aromatic rings. The third-order valence-corrected chi connectivity index (χ3v) is 11.5. The molecule has 0 radical (unpaired) electrons. The lowest BCUT2D eigenvalue weighted by atomic mass is 9.81. The number of nitrogens with one attached hydrogen (secondary N) is 4. The van der Waals surface area contributed by atoms with Crippen molar-refractivity contribution in [2.45, 2.75) is 123 Å². The van der Waals surface area contributed by atoms with Gasteiger partial charge in [0.15, 0.2) is 11.9 Å². The first-order valence-electron chi connectivity index (χ1n) is 19.8. The van der Waals surface area contributed by atoms with E-state index in [9.17, 15) is 29.1 Å². The van der Waals surface area contributed by atoms with Crippen molar-refractivity contribution in [2.75, 3.05) is 13.1 Å². The number of fused-ring (bicyclic) bond motifs is 1. The maximum absolute atomic E-state index is 14.4. The summed E-state index contributed by atoms with van der Waals surface area (Å²) in [4.78, 5) is 79.0. The molecule has 2 heterocycles. The molecular weight excluding hydrogens is 699 g/mol. The molecule has 1 aromatic carbocycles. The molecule has 1 aromatic heterocycles. The number of benzene rings is 1. The van der Waals surface area contributed by atoms with E-state index in [-0.39, 0.29) is 47.7 Å². The van der Waals surface area contributed by atoms with Crippen LogP contribution < -0.4 is 21.3 Å². The Morgan fingerprint density at radius 3 is 2.29 bits per heavy atom. The van der Waals surface area contributed by atoms with Crippen LogP contribution in [-0.2, 0) is 19.2 Å². The van der Waals surface area contributed by atoms with Crippen LogP contribution in [-0.4, -0.2) is 92.7 Å². The first kappa shape index (κ1) is 41.7. The zero-order valence-electron chi connectivity index (χ0n) is 33.1. The molecule has 0 bridgehead atoms. The molecule has 1 saturated carbocycles. The lowest BCUT2D eigenvalue weighted by molar-refractivity contribution is -0.135. The average molecular weight is 758 g/mol. The first-order chi connectivity index (χ1) is 26.2. The summed E-state index contributed by atoms with van der Waals surface area (Å²) < 4.78 is 0. The number of Topliss-reactive ketones (excluding diaryl/α,β-unsaturated/α-hetero) is 1. The predicted molar refractivity (Wildman–Crippen MR) is 208 cm³/mol. The van der Waals surface area contributed by atoms with Crippen molar-refractivity contribution < 1.29 is 29.1 Å². The number of ketones is 1. The summed E-state index contributed by atoms with van der Waals surface area (Å²) in [6.07, 6.45) is 10.5. The summed E-state index contributed by atoms with van der Waals surface area (Å²) in [5.41, 5.74) is 1.48. The van der Waals surface area contributed by atoms with Gasteiger partial charge < -0.3 is 26.4 Å². The molecule has 5 N–H and O–H groups in total. The second kappa shape index (κ2) is 18.4. The molecule has 4 amide bonds. The number of hydrogen-bond donors (Lipinski definition) is 5. The van der Waals surface area contributed by atoms with E-state index in [2.05, 4.69) is 37.3 Å². The molecule has 5 rings (SSSR count). The monoisotopic (exact) mass is 757 g/mol. The Morgan fingerprint density at radius 2 is 1.65 bits per heavy atom. The van der Waals surface area contributed by atoms with Crippen LogP contribution in [0.3, 0.4) is 0 Å². The van der Waals surface area contributed by atoms with Gasteiger partial charge in [-0.1, -0.05) is 88.9 Å². The van der Waals surface area contributed by atoms with E-state index >= 15 is 0 Å². The van der Waals surface area contributed by atoms with Crippen molar-refractivity contribution in [1.82, 2.24) is 36.1 Å². The highest BCUT2D eigenvalue weighted by atomic mass is 16.3. The fourth-order valence-electron chi connectivity index (χ4n) is 8.56. The highest BCUT2D eigenvalue weighted by Gasteiger charge is 2.49. The standard InChI is InChI=1S/C42H59N7O6/c1-7-31(36(51)41(55)45-26(3)27-14-10-8-11-15-27)46-40(54)35-30-21-25(2)20-29(30)23-49(35)24-33(50)37(42(4,5)6)48-39(53)34(28-16-12-9-13-17-28)47-38(52)32-22-43-18-19-44-32/h8,10-11,14-15,18-19,21-22,26,28-31,34-37,51H,7,9,12-13,16-17,20,23-24H2,1-6H3,(H,45,55)(H,46,54)(H,47,52)(H,48,53)/t26-,29-,30-,31-,34-,35-,36?,37+/m0/s1. The van der Waals surface area contributed by atoms with Crippen molar-refractivity contribution in [1.29, 1.82) is 0 Å². The molecule has 8 atom stereocenters. The molecule has 1 saturated heterocycles. The second-order valence-electron chi connectivity index (χ2n) is 16.8. The van der Waals surface area contributed by atoms with E-state index in [0.29, 0.717) is 13.0 Å². The van der Waals surface area contributed by atoms with Crippen LogP contribution in [0.4, 0.5) is 0 Å². The minimum Gasteiger partial charge on any atom is -0.381 e. The number of hydrogen-bond acceptors (Lipinski definition) is 9. The number of aliphatic hydroxyl groups is 1. The van der Waals surface area contributed by atoms with Gasteiger partial charge in [-0.15, -0.1) is 0 Å². The van der Waals surface area contributed by atoms with Gasteiger partial charge in [0.2, 0.25) is 11.8 Å². The zero-order chi connectivity index (χ0) is 39.9. The topological polar surface area (TPSA) is 183 Å². The van der Waals surface area contributed by atoms with Gasteiger partial charge in [0.25, 0.3) is 11.8 Å². The van der Waals surface area contributed by atoms with Crippen LogP contribution in [0.5, 0.6) is 0 Å². The van der Waals surface area contributed by atoms with E-state index in [1.54, 1.807) is 6.92 Å². The van der Waals surface area contributed by atoms with Crippen molar-refractivity contribution in [2.24, 2.45) is 23.2 Å². The number of amides is 4. The van der Waals surface area contributed by atoms with Crippen molar-refractivity contribution in [3.05, 3.63) is 71.8 Å². The molecule has 0 spiro atoms. The summed E-state index contributed by atoms with van der Waals surface area (Å²) in [6.45, 7) is 11.7. The number of carbonyl (C=O) groups excluding carboxylic acids is 5. The maximum Gasteiger partial charge on any atom is 0.272 e. The highest BCUT2D eigenvalue weighted by Crippen LogP contribution is 2.41. The van der Waals surface area contributed by atoms with Gasteiger partial charge in [0.05, 0.1) is 36.9 Å². The molecule has 13 heteroatoms. The molecule has 3 aliphatic rings. The van der Waals surface area contributed by atoms with E-state index < -0.39 is 53.4 Å². The van der Waals surface area contributed by atoms with Gasteiger partial charge >= 0.3 is 0 Å². The lowest BCUT2D eigenvalue weighted by Crippen LogP contribution is -2.60. The molecule has 55 heavy (non-hydrogen) atoms. The zero-order valence-corrected chi connectivity index (χ0v) is 33.1. The van der Waals surface area contributed by atoms with Gasteiger partial charge in [-0.2, -0.15) is 0 Å². The smallest absolute Gasteiger partial charge is 0.272 e. The lowest BCUT2D eigenvalue weighted by Gasteiger charge is -2.36. The number of rotatable bonds is 15. The molecule has 1 unspecified atom stereocenters. The molecule has 2 aliphatic carbocycles. The van der Waals surface area contributed by atoms with Gasteiger partial charge in [0, 0.05) is 24.9 Å². The first-order valence-corrected chi connectivity index (χ1v) is 19.8. The minimum atomic E-state index is -1.49. The summed E-state index contributed by atoms with van der Waals surface area (Å²) in [5, 5.41) is 22.9. The Bertz CT molecular complexity index is 1690. The predicted octanol–water partition coefficient (Wildman–Crippen LogP) is 3.66. The largest absolute Gasteiger partial charge is 0.381 e. The summed E-state index contributed by atoms with van der Waals surface area (Å²) in [5.74, 6) is -2.25. The number of aromatic nitrogens is 2. The molecule has 13 nitrogen and oxygen atoms in total. The summed E-state index contributed by atoms with van der Waals surface area (Å²) in [6, 6.07) is 5.74. The van der Waals surface area contributed by atoms with Crippen LogP contribution in [0.1, 0.15) is 109 Å². The fraction of sp³-hybridized carbons (Fsp3) is 0.595. The van der Waals surface area contributed by atoms with Crippen LogP contribution in [0, 0.1) is 23.2 Å². The van der Waals surface area contributed by atoms with Crippen molar-refractivity contribution in [3.8, 4) is 0 Å². The SMILES string of the molecule is CC[C@H](NC(=O)[C@@H]1[C@H]2C=C(C)C[C@H]2CN1CC(=O)[C@@H](NC(=O)[C@@H](NC(=O)c1cnccn1)C1CCCCC1)C(C)(C)C)C(O)C(=O)N[C@@H](C)c1ccccc1. The molecule has 298 valence electrons. The van der Waals surface area contributed by atoms with E-state index in [0.717, 1.165) is 44.1 Å². The van der Waals surface area contributed by atoms with Crippen molar-refractivity contribution >= 4 is 29.4 Å². The Hall–Kier alpha value is -4.49. The Kier molecular flexibility index (Phi) is 14.0. The Balaban J connectivity index is 1.30. The number of carbonyl (C=O) groups is 5. The van der Waals surface area contributed by atoms with Gasteiger partial charge in [0.1, 0.15) is 11.7 Å². The summed E-state index contributed by atoms with van der Waals surface area (Å²) in [7, 11) is 0. The van der Waals surface area contributed by atoms with Crippen LogP contribution in [0.2, 0.25) is 0 Å². The van der Waals surface area contributed by atoms with Gasteiger partial charge in [-0.3, -0.25) is 33.9 Å². The Morgan fingerprint density at radius 1 is 0.945 bits per heavy atom. The average Bonchev–Trinajstić information content (AvgIpc) is 3.69. The fourth-order valence-corrected chi connectivity index (χ4v) is 8.56. The maximum atomic E-state index is 14.4. The third kappa shape index (κ3) is 10.4. The van der Waals surface area contributed by atoms with E-state index in [4.69, 9.17) is 0 Å². The summed E-state index contributed by atoms with van der Waals surface area (Å²) >= 11 is 0. The quantitative estimate of drug-likeness (QED) is 0.169. The normalized spacial score (nSPS) is 23.0. The molecular formula is C42H59N7O6. The third-order valence-electron chi connectivity index (χ3n) is 11.5. The van der Waals surface area contributed by atoms with E-state index in [1.165, 1.54) is 24.2 Å². The van der Waals surface area contributed by atoms with Crippen LogP contribution in [0.15, 0.2) is 60.6 Å². The van der Waals surface area contributed by atoms with Crippen molar-refractivity contribution in [3.63, 3.8) is 0 Å².